The Balaban J connectivity index is 1.52. The molecule has 2 aromatic rings. The monoisotopic (exact) mass is 368 g/mol. The van der Waals surface area contributed by atoms with Crippen molar-refractivity contribution in [3.63, 3.8) is 0 Å². The highest BCUT2D eigenvalue weighted by atomic mass is 35.5. The van der Waals surface area contributed by atoms with Crippen LogP contribution in [0.25, 0.3) is 0 Å². The molecule has 3 rings (SSSR count). The molecule has 5 nitrogen and oxygen atoms in total. The number of hydrogen-bond acceptors (Lipinski definition) is 3. The molecule has 0 aliphatic carbocycles. The standard InChI is InChI=1S/C17H19ClF2N4O/c1-22-11-14(18)16(21-22)17(25)24-8-6-23(7-9-24)5-4-12-2-3-13(19)10-15(12)20/h2-3,10-11H,4-9H2,1H3. The summed E-state index contributed by atoms with van der Waals surface area (Å²) in [5.41, 5.74) is 0.770. The van der Waals surface area contributed by atoms with Crippen LogP contribution in [0.2, 0.25) is 5.02 Å². The Bertz CT molecular complexity index is 772. The Labute approximate surface area is 149 Å². The minimum Gasteiger partial charge on any atom is -0.335 e. The summed E-state index contributed by atoms with van der Waals surface area (Å²) in [5, 5.41) is 4.45. The maximum absolute atomic E-state index is 13.7. The number of amides is 1. The number of aromatic nitrogens is 2. The van der Waals surface area contributed by atoms with Gasteiger partial charge in [0, 0.05) is 52.0 Å². The van der Waals surface area contributed by atoms with Gasteiger partial charge in [-0.15, -0.1) is 0 Å². The van der Waals surface area contributed by atoms with Crippen molar-refractivity contribution in [2.24, 2.45) is 7.05 Å². The molecular formula is C17H19ClF2N4O. The Morgan fingerprint density at radius 2 is 1.96 bits per heavy atom. The summed E-state index contributed by atoms with van der Waals surface area (Å²) < 4.78 is 28.1. The van der Waals surface area contributed by atoms with Crippen LogP contribution < -0.4 is 0 Å². The molecule has 2 heterocycles. The first-order chi connectivity index (χ1) is 11.9. The van der Waals surface area contributed by atoms with Crippen molar-refractivity contribution in [1.82, 2.24) is 19.6 Å². The smallest absolute Gasteiger partial charge is 0.276 e. The van der Waals surface area contributed by atoms with Crippen LogP contribution in [-0.2, 0) is 13.5 Å². The molecule has 1 aromatic carbocycles. The van der Waals surface area contributed by atoms with E-state index in [1.54, 1.807) is 18.1 Å². The van der Waals surface area contributed by atoms with Gasteiger partial charge in [-0.3, -0.25) is 14.4 Å². The van der Waals surface area contributed by atoms with Gasteiger partial charge in [0.1, 0.15) is 11.6 Å². The van der Waals surface area contributed by atoms with Crippen molar-refractivity contribution in [2.75, 3.05) is 32.7 Å². The quantitative estimate of drug-likeness (QED) is 0.832. The molecule has 1 fully saturated rings. The molecule has 25 heavy (non-hydrogen) atoms. The molecule has 1 aliphatic rings. The van der Waals surface area contributed by atoms with Crippen molar-refractivity contribution >= 4 is 17.5 Å². The van der Waals surface area contributed by atoms with E-state index < -0.39 is 11.6 Å². The van der Waals surface area contributed by atoms with E-state index in [0.29, 0.717) is 49.7 Å². The fourth-order valence-corrected chi connectivity index (χ4v) is 3.19. The van der Waals surface area contributed by atoms with Crippen molar-refractivity contribution in [2.45, 2.75) is 6.42 Å². The largest absolute Gasteiger partial charge is 0.335 e. The molecule has 1 aromatic heterocycles. The zero-order valence-electron chi connectivity index (χ0n) is 13.9. The number of nitrogens with zero attached hydrogens (tertiary/aromatic N) is 4. The van der Waals surface area contributed by atoms with Crippen molar-refractivity contribution < 1.29 is 13.6 Å². The van der Waals surface area contributed by atoms with Crippen LogP contribution in [0.5, 0.6) is 0 Å². The second kappa shape index (κ2) is 7.49. The number of rotatable bonds is 4. The molecule has 1 amide bonds. The lowest BCUT2D eigenvalue weighted by atomic mass is 10.1. The average molecular weight is 369 g/mol. The molecule has 134 valence electrons. The summed E-state index contributed by atoms with van der Waals surface area (Å²) in [5.74, 6) is -1.25. The third-order valence-electron chi connectivity index (χ3n) is 4.36. The first kappa shape index (κ1) is 17.8. The minimum absolute atomic E-state index is 0.171. The second-order valence-corrected chi connectivity index (χ2v) is 6.53. The van der Waals surface area contributed by atoms with Gasteiger partial charge >= 0.3 is 0 Å². The van der Waals surface area contributed by atoms with E-state index in [4.69, 9.17) is 11.6 Å². The highest BCUT2D eigenvalue weighted by molar-refractivity contribution is 6.33. The summed E-state index contributed by atoms with van der Waals surface area (Å²) in [6.07, 6.45) is 2.11. The fourth-order valence-electron chi connectivity index (χ4n) is 2.93. The zero-order valence-corrected chi connectivity index (χ0v) is 14.6. The third-order valence-corrected chi connectivity index (χ3v) is 4.64. The fraction of sp³-hybridized carbons (Fsp3) is 0.412. The molecule has 0 saturated carbocycles. The maximum Gasteiger partial charge on any atom is 0.276 e. The Kier molecular flexibility index (Phi) is 5.34. The predicted octanol–water partition coefficient (Wildman–Crippen LogP) is 2.35. The van der Waals surface area contributed by atoms with E-state index in [2.05, 4.69) is 10.00 Å². The Hall–Kier alpha value is -1.99. The lowest BCUT2D eigenvalue weighted by Gasteiger charge is -2.34. The molecule has 1 saturated heterocycles. The number of hydrogen-bond donors (Lipinski definition) is 0. The summed E-state index contributed by atoms with van der Waals surface area (Å²) in [6, 6.07) is 3.65. The van der Waals surface area contributed by atoms with Gasteiger partial charge in [-0.05, 0) is 18.1 Å². The topological polar surface area (TPSA) is 41.4 Å². The first-order valence-corrected chi connectivity index (χ1v) is 8.46. The Morgan fingerprint density at radius 1 is 1.24 bits per heavy atom. The SMILES string of the molecule is Cn1cc(Cl)c(C(=O)N2CCN(CCc3ccc(F)cc3F)CC2)n1. The summed E-state index contributed by atoms with van der Waals surface area (Å²) in [4.78, 5) is 16.3. The van der Waals surface area contributed by atoms with Gasteiger partial charge in [-0.1, -0.05) is 17.7 Å². The molecule has 8 heteroatoms. The number of benzene rings is 1. The lowest BCUT2D eigenvalue weighted by Crippen LogP contribution is -2.49. The van der Waals surface area contributed by atoms with Crippen LogP contribution in [0, 0.1) is 11.6 Å². The number of aryl methyl sites for hydroxylation is 1. The van der Waals surface area contributed by atoms with Crippen molar-refractivity contribution in [3.8, 4) is 0 Å². The van der Waals surface area contributed by atoms with Crippen LogP contribution in [-0.4, -0.2) is 58.2 Å². The summed E-state index contributed by atoms with van der Waals surface area (Å²) in [7, 11) is 1.72. The number of piperazine rings is 1. The molecule has 0 radical (unpaired) electrons. The minimum atomic E-state index is -0.568. The third kappa shape index (κ3) is 4.16. The molecular weight excluding hydrogens is 350 g/mol. The van der Waals surface area contributed by atoms with Gasteiger partial charge < -0.3 is 4.90 Å². The number of halogens is 3. The second-order valence-electron chi connectivity index (χ2n) is 6.12. The molecule has 1 aliphatic heterocycles. The average Bonchev–Trinajstić information content (AvgIpc) is 2.92. The highest BCUT2D eigenvalue weighted by Crippen LogP contribution is 2.17. The van der Waals surface area contributed by atoms with Crippen LogP contribution in [0.15, 0.2) is 24.4 Å². The van der Waals surface area contributed by atoms with Crippen LogP contribution in [0.3, 0.4) is 0 Å². The normalized spacial score (nSPS) is 15.6. The zero-order chi connectivity index (χ0) is 18.0. The van der Waals surface area contributed by atoms with E-state index in [1.807, 2.05) is 0 Å². The van der Waals surface area contributed by atoms with E-state index in [-0.39, 0.29) is 11.6 Å². The molecule has 0 atom stereocenters. The van der Waals surface area contributed by atoms with Crippen LogP contribution >= 0.6 is 11.6 Å². The predicted molar refractivity (Wildman–Crippen MR) is 90.6 cm³/mol. The van der Waals surface area contributed by atoms with Crippen molar-refractivity contribution in [1.29, 1.82) is 0 Å². The van der Waals surface area contributed by atoms with Crippen LogP contribution in [0.1, 0.15) is 16.1 Å². The van der Waals surface area contributed by atoms with Gasteiger partial charge in [0.25, 0.3) is 5.91 Å². The Morgan fingerprint density at radius 3 is 2.56 bits per heavy atom. The first-order valence-electron chi connectivity index (χ1n) is 8.09. The maximum atomic E-state index is 13.7. The highest BCUT2D eigenvalue weighted by Gasteiger charge is 2.25. The van der Waals surface area contributed by atoms with Gasteiger partial charge in [0.05, 0.1) is 5.02 Å². The van der Waals surface area contributed by atoms with Gasteiger partial charge in [-0.25, -0.2) is 8.78 Å². The summed E-state index contributed by atoms with van der Waals surface area (Å²) >= 11 is 6.03. The van der Waals surface area contributed by atoms with Crippen LogP contribution in [0.4, 0.5) is 8.78 Å². The molecule has 0 N–H and O–H groups in total. The number of carbonyl (C=O) groups excluding carboxylic acids is 1. The van der Waals surface area contributed by atoms with E-state index in [9.17, 15) is 13.6 Å². The summed E-state index contributed by atoms with van der Waals surface area (Å²) in [6.45, 7) is 3.18. The van der Waals surface area contributed by atoms with Gasteiger partial charge in [0.15, 0.2) is 5.69 Å². The van der Waals surface area contributed by atoms with Gasteiger partial charge in [-0.2, -0.15) is 5.10 Å². The van der Waals surface area contributed by atoms with Gasteiger partial charge in [0.2, 0.25) is 0 Å². The van der Waals surface area contributed by atoms with E-state index >= 15 is 0 Å². The lowest BCUT2D eigenvalue weighted by molar-refractivity contribution is 0.0632. The molecule has 0 spiro atoms. The molecule has 0 unspecified atom stereocenters. The van der Waals surface area contributed by atoms with E-state index in [1.165, 1.54) is 16.8 Å². The number of carbonyl (C=O) groups is 1. The van der Waals surface area contributed by atoms with Crippen molar-refractivity contribution in [3.05, 3.63) is 52.3 Å². The van der Waals surface area contributed by atoms with E-state index in [0.717, 1.165) is 6.07 Å². The molecule has 0 bridgehead atoms.